The SMILES string of the molecule is O=S(=O)(NCCc1ccc2c(c1)OCO2)N1CCCCC1. The highest BCUT2D eigenvalue weighted by atomic mass is 32.2. The van der Waals surface area contributed by atoms with E-state index in [1.807, 2.05) is 18.2 Å². The summed E-state index contributed by atoms with van der Waals surface area (Å²) in [6, 6.07) is 5.69. The fourth-order valence-corrected chi connectivity index (χ4v) is 3.90. The van der Waals surface area contributed by atoms with Crippen LogP contribution in [0.3, 0.4) is 0 Å². The maximum absolute atomic E-state index is 12.1. The molecule has 1 aromatic carbocycles. The highest BCUT2D eigenvalue weighted by molar-refractivity contribution is 7.87. The Labute approximate surface area is 125 Å². The van der Waals surface area contributed by atoms with Crippen molar-refractivity contribution in [3.05, 3.63) is 23.8 Å². The molecular formula is C14H20N2O4S. The molecule has 21 heavy (non-hydrogen) atoms. The second-order valence-corrected chi connectivity index (χ2v) is 7.05. The Hall–Kier alpha value is -1.31. The Morgan fingerprint density at radius 1 is 1.10 bits per heavy atom. The van der Waals surface area contributed by atoms with Gasteiger partial charge in [-0.25, -0.2) is 4.72 Å². The minimum Gasteiger partial charge on any atom is -0.454 e. The first-order valence-electron chi connectivity index (χ1n) is 7.28. The molecule has 0 aromatic heterocycles. The molecule has 2 aliphatic heterocycles. The number of nitrogens with one attached hydrogen (secondary N) is 1. The summed E-state index contributed by atoms with van der Waals surface area (Å²) in [5, 5.41) is 0. The lowest BCUT2D eigenvalue weighted by molar-refractivity contribution is 0.174. The Morgan fingerprint density at radius 3 is 2.67 bits per heavy atom. The van der Waals surface area contributed by atoms with Crippen molar-refractivity contribution in [3.63, 3.8) is 0 Å². The van der Waals surface area contributed by atoms with E-state index >= 15 is 0 Å². The lowest BCUT2D eigenvalue weighted by Gasteiger charge is -2.25. The van der Waals surface area contributed by atoms with Gasteiger partial charge in [-0.15, -0.1) is 0 Å². The third-order valence-corrected chi connectivity index (χ3v) is 5.40. The zero-order valence-electron chi connectivity index (χ0n) is 11.9. The molecule has 0 atom stereocenters. The first-order valence-corrected chi connectivity index (χ1v) is 8.72. The zero-order chi connectivity index (χ0) is 14.7. The van der Waals surface area contributed by atoms with E-state index in [1.165, 1.54) is 4.31 Å². The van der Waals surface area contributed by atoms with Gasteiger partial charge < -0.3 is 9.47 Å². The summed E-state index contributed by atoms with van der Waals surface area (Å²) < 4.78 is 39.0. The summed E-state index contributed by atoms with van der Waals surface area (Å²) in [4.78, 5) is 0. The molecule has 2 aliphatic rings. The van der Waals surface area contributed by atoms with E-state index in [4.69, 9.17) is 9.47 Å². The standard InChI is InChI=1S/C14H20N2O4S/c17-21(18,16-8-2-1-3-9-16)15-7-6-12-4-5-13-14(10-12)20-11-19-13/h4-5,10,15H,1-3,6-9,11H2. The average molecular weight is 312 g/mol. The molecule has 0 spiro atoms. The van der Waals surface area contributed by atoms with Crippen LogP contribution in [0.25, 0.3) is 0 Å². The van der Waals surface area contributed by atoms with Crippen LogP contribution in [0.1, 0.15) is 24.8 Å². The fourth-order valence-electron chi connectivity index (χ4n) is 2.62. The van der Waals surface area contributed by atoms with E-state index in [0.29, 0.717) is 26.1 Å². The van der Waals surface area contributed by atoms with Gasteiger partial charge in [0.25, 0.3) is 10.2 Å². The number of nitrogens with zero attached hydrogens (tertiary/aromatic N) is 1. The van der Waals surface area contributed by atoms with Gasteiger partial charge in [-0.2, -0.15) is 12.7 Å². The number of benzene rings is 1. The van der Waals surface area contributed by atoms with Gasteiger partial charge >= 0.3 is 0 Å². The first-order chi connectivity index (χ1) is 10.1. The molecule has 1 aromatic rings. The van der Waals surface area contributed by atoms with Crippen LogP contribution in [0, 0.1) is 0 Å². The maximum Gasteiger partial charge on any atom is 0.279 e. The van der Waals surface area contributed by atoms with E-state index in [-0.39, 0.29) is 6.79 Å². The smallest absolute Gasteiger partial charge is 0.279 e. The molecular weight excluding hydrogens is 292 g/mol. The predicted octanol–water partition coefficient (Wildman–Crippen LogP) is 1.28. The van der Waals surface area contributed by atoms with E-state index in [9.17, 15) is 8.42 Å². The van der Waals surface area contributed by atoms with Crippen molar-refractivity contribution >= 4 is 10.2 Å². The van der Waals surface area contributed by atoms with Crippen LogP contribution < -0.4 is 14.2 Å². The van der Waals surface area contributed by atoms with Gasteiger partial charge in [0.2, 0.25) is 6.79 Å². The molecule has 6 nitrogen and oxygen atoms in total. The average Bonchev–Trinajstić information content (AvgIpc) is 2.95. The van der Waals surface area contributed by atoms with E-state index in [2.05, 4.69) is 4.72 Å². The first kappa shape index (κ1) is 14.6. The van der Waals surface area contributed by atoms with Crippen molar-refractivity contribution in [2.45, 2.75) is 25.7 Å². The third kappa shape index (κ3) is 3.48. The van der Waals surface area contributed by atoms with Gasteiger partial charge in [0.1, 0.15) is 0 Å². The number of rotatable bonds is 5. The molecule has 116 valence electrons. The van der Waals surface area contributed by atoms with Crippen LogP contribution in [-0.4, -0.2) is 39.2 Å². The molecule has 0 radical (unpaired) electrons. The van der Waals surface area contributed by atoms with Crippen molar-refractivity contribution in [2.75, 3.05) is 26.4 Å². The monoisotopic (exact) mass is 312 g/mol. The van der Waals surface area contributed by atoms with Crippen LogP contribution in [0.15, 0.2) is 18.2 Å². The van der Waals surface area contributed by atoms with Crippen LogP contribution in [-0.2, 0) is 16.6 Å². The minimum absolute atomic E-state index is 0.250. The predicted molar refractivity (Wildman–Crippen MR) is 78.6 cm³/mol. The number of hydrogen-bond acceptors (Lipinski definition) is 4. The van der Waals surface area contributed by atoms with Gasteiger partial charge in [-0.1, -0.05) is 12.5 Å². The van der Waals surface area contributed by atoms with Crippen molar-refractivity contribution in [3.8, 4) is 11.5 Å². The zero-order valence-corrected chi connectivity index (χ0v) is 12.7. The number of hydrogen-bond donors (Lipinski definition) is 1. The fraction of sp³-hybridized carbons (Fsp3) is 0.571. The molecule has 1 saturated heterocycles. The van der Waals surface area contributed by atoms with Crippen molar-refractivity contribution < 1.29 is 17.9 Å². The van der Waals surface area contributed by atoms with Crippen molar-refractivity contribution in [1.29, 1.82) is 0 Å². The van der Waals surface area contributed by atoms with Crippen molar-refractivity contribution in [1.82, 2.24) is 9.03 Å². The lowest BCUT2D eigenvalue weighted by Crippen LogP contribution is -2.43. The highest BCUT2D eigenvalue weighted by Crippen LogP contribution is 2.32. The van der Waals surface area contributed by atoms with Gasteiger partial charge in [-0.3, -0.25) is 0 Å². The molecule has 1 fully saturated rings. The Bertz CT molecular complexity index is 597. The van der Waals surface area contributed by atoms with Gasteiger partial charge in [-0.05, 0) is 37.0 Å². The topological polar surface area (TPSA) is 67.9 Å². The summed E-state index contributed by atoms with van der Waals surface area (Å²) in [5.74, 6) is 1.47. The second kappa shape index (κ2) is 6.21. The minimum atomic E-state index is -3.34. The quantitative estimate of drug-likeness (QED) is 0.889. The van der Waals surface area contributed by atoms with E-state index in [1.54, 1.807) is 0 Å². The molecule has 0 amide bonds. The molecule has 2 heterocycles. The number of ether oxygens (including phenoxy) is 2. The van der Waals surface area contributed by atoms with Crippen LogP contribution >= 0.6 is 0 Å². The van der Waals surface area contributed by atoms with E-state index < -0.39 is 10.2 Å². The second-order valence-electron chi connectivity index (χ2n) is 5.30. The molecule has 0 saturated carbocycles. The summed E-state index contributed by atoms with van der Waals surface area (Å²) in [6.07, 6.45) is 3.64. The largest absolute Gasteiger partial charge is 0.454 e. The molecule has 0 aliphatic carbocycles. The molecule has 0 unspecified atom stereocenters. The van der Waals surface area contributed by atoms with Crippen LogP contribution in [0.2, 0.25) is 0 Å². The maximum atomic E-state index is 12.1. The molecule has 3 rings (SSSR count). The van der Waals surface area contributed by atoms with Crippen molar-refractivity contribution in [2.24, 2.45) is 0 Å². The van der Waals surface area contributed by atoms with E-state index in [0.717, 1.165) is 36.3 Å². The van der Waals surface area contributed by atoms with Gasteiger partial charge in [0, 0.05) is 19.6 Å². The summed E-state index contributed by atoms with van der Waals surface area (Å²) in [7, 11) is -3.34. The molecule has 1 N–H and O–H groups in total. The van der Waals surface area contributed by atoms with Gasteiger partial charge in [0.15, 0.2) is 11.5 Å². The Kier molecular flexibility index (Phi) is 4.32. The highest BCUT2D eigenvalue weighted by Gasteiger charge is 2.23. The Morgan fingerprint density at radius 2 is 1.86 bits per heavy atom. The molecule has 0 bridgehead atoms. The summed E-state index contributed by atoms with van der Waals surface area (Å²) in [6.45, 7) is 1.89. The molecule has 7 heteroatoms. The van der Waals surface area contributed by atoms with Gasteiger partial charge in [0.05, 0.1) is 0 Å². The third-order valence-electron chi connectivity index (χ3n) is 3.79. The Balaban J connectivity index is 1.53. The summed E-state index contributed by atoms with van der Waals surface area (Å²) >= 11 is 0. The van der Waals surface area contributed by atoms with Crippen LogP contribution in [0.4, 0.5) is 0 Å². The summed E-state index contributed by atoms with van der Waals surface area (Å²) in [5.41, 5.74) is 1.03. The van der Waals surface area contributed by atoms with Crippen LogP contribution in [0.5, 0.6) is 11.5 Å². The lowest BCUT2D eigenvalue weighted by atomic mass is 10.1. The number of fused-ring (bicyclic) bond motifs is 1. The number of piperidine rings is 1. The normalized spacial score (nSPS) is 18.9.